The maximum absolute atomic E-state index is 13.4. The molecule has 0 unspecified atom stereocenters. The summed E-state index contributed by atoms with van der Waals surface area (Å²) in [5, 5.41) is 0. The largest absolute Gasteiger partial charge is 0.463 e. The van der Waals surface area contributed by atoms with Crippen molar-refractivity contribution in [2.45, 2.75) is 13.1 Å². The Labute approximate surface area is 113 Å². The lowest BCUT2D eigenvalue weighted by molar-refractivity contribution is -0.143. The lowest BCUT2D eigenvalue weighted by Gasteiger charge is -2.12. The van der Waals surface area contributed by atoms with Crippen LogP contribution in [-0.4, -0.2) is 12.6 Å². The second-order valence-corrected chi connectivity index (χ2v) is 3.63. The van der Waals surface area contributed by atoms with Crippen LogP contribution in [0.5, 0.6) is 0 Å². The molecule has 0 amide bonds. The predicted molar refractivity (Wildman–Crippen MR) is 56.9 cm³/mol. The van der Waals surface area contributed by atoms with Gasteiger partial charge >= 0.3 is 12.1 Å². The molecule has 0 radical (unpaired) electrons. The van der Waals surface area contributed by atoms with Gasteiger partial charge in [-0.1, -0.05) is 0 Å². The summed E-state index contributed by atoms with van der Waals surface area (Å²) < 4.78 is 94.5. The standard InChI is InChI=1S/C12H7F7O2/c1-2-21-6(20)4-3-5-8(13)10(15)7(12(17,18)19)11(16)9(5)14/h3-4H,2H2,1H3/b4-3+. The molecule has 21 heavy (non-hydrogen) atoms. The Balaban J connectivity index is 3.42. The molecule has 0 saturated heterocycles. The Bertz CT molecular complexity index is 561. The van der Waals surface area contributed by atoms with E-state index in [1.807, 2.05) is 0 Å². The molecule has 116 valence electrons. The third kappa shape index (κ3) is 3.53. The monoisotopic (exact) mass is 316 g/mol. The van der Waals surface area contributed by atoms with Crippen LogP contribution in [0.15, 0.2) is 6.08 Å². The van der Waals surface area contributed by atoms with Gasteiger partial charge in [-0.05, 0) is 13.0 Å². The lowest BCUT2D eigenvalue weighted by atomic mass is 10.1. The first-order valence-electron chi connectivity index (χ1n) is 5.39. The SMILES string of the molecule is CCOC(=O)/C=C/c1c(F)c(F)c(C(F)(F)F)c(F)c1F. The van der Waals surface area contributed by atoms with Gasteiger partial charge in [0.1, 0.15) is 5.56 Å². The van der Waals surface area contributed by atoms with Crippen molar-refractivity contribution in [3.8, 4) is 0 Å². The molecule has 0 N–H and O–H groups in total. The minimum atomic E-state index is -5.61. The highest BCUT2D eigenvalue weighted by Crippen LogP contribution is 2.37. The molecule has 2 nitrogen and oxygen atoms in total. The van der Waals surface area contributed by atoms with Gasteiger partial charge < -0.3 is 4.74 Å². The van der Waals surface area contributed by atoms with Gasteiger partial charge in [-0.15, -0.1) is 0 Å². The normalized spacial score (nSPS) is 12.0. The van der Waals surface area contributed by atoms with E-state index in [1.165, 1.54) is 6.92 Å². The molecule has 1 aromatic carbocycles. The van der Waals surface area contributed by atoms with Gasteiger partial charge in [0, 0.05) is 6.08 Å². The van der Waals surface area contributed by atoms with Gasteiger partial charge in [-0.3, -0.25) is 0 Å². The summed E-state index contributed by atoms with van der Waals surface area (Å²) in [6.45, 7) is 1.34. The number of hydrogen-bond donors (Lipinski definition) is 0. The van der Waals surface area contributed by atoms with Crippen LogP contribution in [0, 0.1) is 23.3 Å². The van der Waals surface area contributed by atoms with Crippen molar-refractivity contribution in [3.63, 3.8) is 0 Å². The summed E-state index contributed by atoms with van der Waals surface area (Å²) in [5.41, 5.74) is -4.13. The molecular formula is C12H7F7O2. The van der Waals surface area contributed by atoms with Crippen LogP contribution in [0.2, 0.25) is 0 Å². The molecule has 9 heteroatoms. The Hall–Kier alpha value is -2.06. The molecule has 0 aliphatic carbocycles. The zero-order valence-electron chi connectivity index (χ0n) is 10.3. The van der Waals surface area contributed by atoms with Crippen molar-refractivity contribution in [2.24, 2.45) is 0 Å². The third-order valence-electron chi connectivity index (χ3n) is 2.25. The van der Waals surface area contributed by atoms with Crippen LogP contribution >= 0.6 is 0 Å². The van der Waals surface area contributed by atoms with Crippen molar-refractivity contribution in [2.75, 3.05) is 6.61 Å². The van der Waals surface area contributed by atoms with E-state index in [2.05, 4.69) is 4.74 Å². The van der Waals surface area contributed by atoms with Crippen molar-refractivity contribution in [3.05, 3.63) is 40.5 Å². The first-order chi connectivity index (χ1) is 9.61. The molecule has 0 heterocycles. The maximum Gasteiger partial charge on any atom is 0.422 e. The van der Waals surface area contributed by atoms with E-state index in [1.54, 1.807) is 0 Å². The molecule has 0 aromatic heterocycles. The van der Waals surface area contributed by atoms with Crippen molar-refractivity contribution < 1.29 is 40.3 Å². The topological polar surface area (TPSA) is 26.3 Å². The average molecular weight is 316 g/mol. The fourth-order valence-corrected chi connectivity index (χ4v) is 1.39. The van der Waals surface area contributed by atoms with E-state index in [0.29, 0.717) is 6.08 Å². The van der Waals surface area contributed by atoms with Crippen LogP contribution in [0.25, 0.3) is 6.08 Å². The highest BCUT2D eigenvalue weighted by atomic mass is 19.4. The zero-order valence-corrected chi connectivity index (χ0v) is 10.3. The van der Waals surface area contributed by atoms with Gasteiger partial charge in [0.05, 0.1) is 12.2 Å². The highest BCUT2D eigenvalue weighted by Gasteiger charge is 2.41. The molecule has 1 rings (SSSR count). The Morgan fingerprint density at radius 3 is 1.90 bits per heavy atom. The molecule has 0 aliphatic heterocycles. The number of esters is 1. The fraction of sp³-hybridized carbons (Fsp3) is 0.250. The summed E-state index contributed by atoms with van der Waals surface area (Å²) in [4.78, 5) is 10.9. The van der Waals surface area contributed by atoms with Crippen LogP contribution in [0.1, 0.15) is 18.1 Å². The number of carbonyl (C=O) groups is 1. The minimum Gasteiger partial charge on any atom is -0.463 e. The Morgan fingerprint density at radius 2 is 1.52 bits per heavy atom. The van der Waals surface area contributed by atoms with E-state index in [-0.39, 0.29) is 12.7 Å². The van der Waals surface area contributed by atoms with Gasteiger partial charge in [0.25, 0.3) is 0 Å². The second kappa shape index (κ2) is 6.15. The van der Waals surface area contributed by atoms with Crippen LogP contribution < -0.4 is 0 Å². The molecule has 1 aromatic rings. The number of alkyl halides is 3. The van der Waals surface area contributed by atoms with Crippen molar-refractivity contribution in [1.82, 2.24) is 0 Å². The summed E-state index contributed by atoms with van der Waals surface area (Å²) in [6.07, 6.45) is -4.90. The van der Waals surface area contributed by atoms with Crippen LogP contribution in [0.3, 0.4) is 0 Å². The number of rotatable bonds is 3. The van der Waals surface area contributed by atoms with E-state index >= 15 is 0 Å². The zero-order chi connectivity index (χ0) is 16.4. The average Bonchev–Trinajstić information content (AvgIpc) is 2.35. The number of benzene rings is 1. The second-order valence-electron chi connectivity index (χ2n) is 3.63. The smallest absolute Gasteiger partial charge is 0.422 e. The first kappa shape index (κ1) is 17.0. The van der Waals surface area contributed by atoms with Crippen LogP contribution in [-0.2, 0) is 15.7 Å². The minimum absolute atomic E-state index is 0.0795. The van der Waals surface area contributed by atoms with E-state index < -0.39 is 46.5 Å². The quantitative estimate of drug-likeness (QED) is 0.366. The molecule has 0 bridgehead atoms. The number of carbonyl (C=O) groups excluding carboxylic acids is 1. The lowest BCUT2D eigenvalue weighted by Crippen LogP contribution is -2.16. The third-order valence-corrected chi connectivity index (χ3v) is 2.25. The van der Waals surface area contributed by atoms with Crippen LogP contribution in [0.4, 0.5) is 30.7 Å². The van der Waals surface area contributed by atoms with Crippen molar-refractivity contribution >= 4 is 12.0 Å². The molecule has 0 fully saturated rings. The van der Waals surface area contributed by atoms with Crippen molar-refractivity contribution in [1.29, 1.82) is 0 Å². The Kier molecular flexibility index (Phi) is 4.97. The summed E-state index contributed by atoms with van der Waals surface area (Å²) in [6, 6.07) is 0. The maximum atomic E-state index is 13.4. The molecule has 0 atom stereocenters. The van der Waals surface area contributed by atoms with E-state index in [4.69, 9.17) is 0 Å². The summed E-state index contributed by atoms with van der Waals surface area (Å²) in [5.74, 6) is -10.8. The predicted octanol–water partition coefficient (Wildman–Crippen LogP) is 3.84. The van der Waals surface area contributed by atoms with Gasteiger partial charge in [-0.25, -0.2) is 22.4 Å². The highest BCUT2D eigenvalue weighted by molar-refractivity contribution is 5.87. The first-order valence-corrected chi connectivity index (χ1v) is 5.39. The number of halogens is 7. The molecule has 0 saturated carbocycles. The number of ether oxygens (including phenoxy) is 1. The molecular weight excluding hydrogens is 309 g/mol. The van der Waals surface area contributed by atoms with Gasteiger partial charge in [0.2, 0.25) is 0 Å². The number of hydrogen-bond acceptors (Lipinski definition) is 2. The summed E-state index contributed by atoms with van der Waals surface area (Å²) >= 11 is 0. The van der Waals surface area contributed by atoms with E-state index in [9.17, 15) is 35.5 Å². The molecule has 0 aliphatic rings. The van der Waals surface area contributed by atoms with Gasteiger partial charge in [0.15, 0.2) is 23.3 Å². The van der Waals surface area contributed by atoms with Gasteiger partial charge in [-0.2, -0.15) is 13.2 Å². The summed E-state index contributed by atoms with van der Waals surface area (Å²) in [7, 11) is 0. The Morgan fingerprint density at radius 1 is 1.05 bits per heavy atom. The molecule has 0 spiro atoms. The van der Waals surface area contributed by atoms with E-state index in [0.717, 1.165) is 0 Å². The fourth-order valence-electron chi connectivity index (χ4n) is 1.39.